The Bertz CT molecular complexity index is 212. The second-order valence-electron chi connectivity index (χ2n) is 5.53. The summed E-state index contributed by atoms with van der Waals surface area (Å²) in [7, 11) is 0. The van der Waals surface area contributed by atoms with Gasteiger partial charge >= 0.3 is 0 Å². The zero-order valence-electron chi connectivity index (χ0n) is 10.3. The summed E-state index contributed by atoms with van der Waals surface area (Å²) in [5.41, 5.74) is 0. The summed E-state index contributed by atoms with van der Waals surface area (Å²) in [4.78, 5) is 2.45. The Hall–Kier alpha value is -0.120. The third-order valence-electron chi connectivity index (χ3n) is 4.42. The molecule has 3 nitrogen and oxygen atoms in total. The summed E-state index contributed by atoms with van der Waals surface area (Å²) in [6.07, 6.45) is 6.46. The molecule has 0 aromatic heterocycles. The molecule has 2 N–H and O–H groups in total. The molecule has 0 spiro atoms. The summed E-state index contributed by atoms with van der Waals surface area (Å²) in [5.74, 6) is 0.469. The van der Waals surface area contributed by atoms with Crippen LogP contribution in [-0.4, -0.2) is 46.5 Å². The minimum atomic E-state index is -0.168. The maximum absolute atomic E-state index is 10.0. The van der Waals surface area contributed by atoms with E-state index in [1.807, 2.05) is 6.92 Å². The smallest absolute Gasteiger partial charge is 0.0695 e. The zero-order valence-corrected chi connectivity index (χ0v) is 10.3. The molecular formula is C13H25NO2. The predicted molar refractivity (Wildman–Crippen MR) is 64.2 cm³/mol. The first-order valence-corrected chi connectivity index (χ1v) is 6.78. The van der Waals surface area contributed by atoms with Crippen molar-refractivity contribution in [1.82, 2.24) is 4.90 Å². The highest BCUT2D eigenvalue weighted by molar-refractivity contribution is 4.86. The minimum absolute atomic E-state index is 0.114. The maximum Gasteiger partial charge on any atom is 0.0695 e. The van der Waals surface area contributed by atoms with Crippen LogP contribution in [0.3, 0.4) is 0 Å². The standard InChI is InChI=1S/C13H25NO2/c1-10(15)11-6-8-14(9-7-11)12-4-2-3-5-13(12)16/h10-13,15-16H,2-9H2,1H3/t10?,12-,13-/m1/s1. The van der Waals surface area contributed by atoms with Crippen molar-refractivity contribution in [2.75, 3.05) is 13.1 Å². The molecule has 94 valence electrons. The molecule has 1 unspecified atom stereocenters. The molecule has 1 heterocycles. The van der Waals surface area contributed by atoms with Gasteiger partial charge in [0.25, 0.3) is 0 Å². The highest BCUT2D eigenvalue weighted by Crippen LogP contribution is 2.28. The lowest BCUT2D eigenvalue weighted by Crippen LogP contribution is -2.49. The van der Waals surface area contributed by atoms with Gasteiger partial charge in [-0.15, -0.1) is 0 Å². The molecule has 2 fully saturated rings. The van der Waals surface area contributed by atoms with E-state index in [0.717, 1.165) is 38.8 Å². The van der Waals surface area contributed by atoms with Crippen LogP contribution in [0.15, 0.2) is 0 Å². The van der Waals surface area contributed by atoms with Gasteiger partial charge in [0.15, 0.2) is 0 Å². The van der Waals surface area contributed by atoms with E-state index in [1.54, 1.807) is 0 Å². The fourth-order valence-electron chi connectivity index (χ4n) is 3.25. The van der Waals surface area contributed by atoms with Gasteiger partial charge in [-0.1, -0.05) is 12.8 Å². The second-order valence-corrected chi connectivity index (χ2v) is 5.53. The molecule has 3 heteroatoms. The lowest BCUT2D eigenvalue weighted by Gasteiger charge is -2.42. The Balaban J connectivity index is 1.83. The van der Waals surface area contributed by atoms with Crippen molar-refractivity contribution in [1.29, 1.82) is 0 Å². The molecule has 1 saturated carbocycles. The molecule has 1 aliphatic heterocycles. The average molecular weight is 227 g/mol. The van der Waals surface area contributed by atoms with Gasteiger partial charge in [0.1, 0.15) is 0 Å². The molecule has 2 rings (SSSR count). The van der Waals surface area contributed by atoms with Crippen LogP contribution in [0.25, 0.3) is 0 Å². The van der Waals surface area contributed by atoms with Crippen LogP contribution in [0.5, 0.6) is 0 Å². The molecule has 2 aliphatic rings. The van der Waals surface area contributed by atoms with E-state index in [4.69, 9.17) is 0 Å². The first kappa shape index (κ1) is 12.3. The molecule has 1 aliphatic carbocycles. The van der Waals surface area contributed by atoms with Gasteiger partial charge < -0.3 is 10.2 Å². The molecular weight excluding hydrogens is 202 g/mol. The second kappa shape index (κ2) is 5.48. The highest BCUT2D eigenvalue weighted by Gasteiger charge is 2.32. The van der Waals surface area contributed by atoms with Crippen molar-refractivity contribution in [3.8, 4) is 0 Å². The molecule has 0 bridgehead atoms. The third-order valence-corrected chi connectivity index (χ3v) is 4.42. The van der Waals surface area contributed by atoms with Gasteiger partial charge in [-0.2, -0.15) is 0 Å². The molecule has 1 saturated heterocycles. The fourth-order valence-corrected chi connectivity index (χ4v) is 3.25. The summed E-state index contributed by atoms with van der Waals surface area (Å²) in [6.45, 7) is 4.00. The van der Waals surface area contributed by atoms with Gasteiger partial charge in [-0.25, -0.2) is 0 Å². The van der Waals surface area contributed by atoms with E-state index in [9.17, 15) is 10.2 Å². The zero-order chi connectivity index (χ0) is 11.5. The Labute approximate surface area is 98.5 Å². The summed E-state index contributed by atoms with van der Waals surface area (Å²) < 4.78 is 0. The number of piperidine rings is 1. The number of rotatable bonds is 2. The summed E-state index contributed by atoms with van der Waals surface area (Å²) in [6, 6.07) is 0.392. The molecule has 16 heavy (non-hydrogen) atoms. The largest absolute Gasteiger partial charge is 0.393 e. The van der Waals surface area contributed by atoms with Crippen LogP contribution in [0.1, 0.15) is 45.4 Å². The Morgan fingerprint density at radius 3 is 2.25 bits per heavy atom. The molecule has 3 atom stereocenters. The summed E-state index contributed by atoms with van der Waals surface area (Å²) in [5, 5.41) is 19.6. The normalized spacial score (nSPS) is 36.2. The van der Waals surface area contributed by atoms with Gasteiger partial charge in [-0.05, 0) is 51.6 Å². The first-order chi connectivity index (χ1) is 7.68. The molecule has 0 amide bonds. The fraction of sp³-hybridized carbons (Fsp3) is 1.00. The minimum Gasteiger partial charge on any atom is -0.393 e. The van der Waals surface area contributed by atoms with E-state index in [-0.39, 0.29) is 12.2 Å². The number of nitrogens with zero attached hydrogens (tertiary/aromatic N) is 1. The quantitative estimate of drug-likeness (QED) is 0.749. The van der Waals surface area contributed by atoms with Crippen molar-refractivity contribution in [2.24, 2.45) is 5.92 Å². The SMILES string of the molecule is CC(O)C1CCN([C@@H]2CCCC[C@H]2O)CC1. The first-order valence-electron chi connectivity index (χ1n) is 6.78. The van der Waals surface area contributed by atoms with Crippen molar-refractivity contribution < 1.29 is 10.2 Å². The van der Waals surface area contributed by atoms with E-state index in [0.29, 0.717) is 12.0 Å². The number of hydrogen-bond donors (Lipinski definition) is 2. The van der Waals surface area contributed by atoms with E-state index in [1.165, 1.54) is 12.8 Å². The van der Waals surface area contributed by atoms with Crippen LogP contribution in [0, 0.1) is 5.92 Å². The van der Waals surface area contributed by atoms with Crippen molar-refractivity contribution >= 4 is 0 Å². The van der Waals surface area contributed by atoms with Crippen LogP contribution in [-0.2, 0) is 0 Å². The number of likely N-dealkylation sites (tertiary alicyclic amines) is 1. The van der Waals surface area contributed by atoms with Crippen LogP contribution in [0.2, 0.25) is 0 Å². The van der Waals surface area contributed by atoms with Gasteiger partial charge in [0.2, 0.25) is 0 Å². The Morgan fingerprint density at radius 1 is 1.06 bits per heavy atom. The van der Waals surface area contributed by atoms with Crippen LogP contribution >= 0.6 is 0 Å². The maximum atomic E-state index is 10.0. The molecule has 0 aromatic rings. The Kier molecular flexibility index (Phi) is 4.22. The van der Waals surface area contributed by atoms with E-state index >= 15 is 0 Å². The topological polar surface area (TPSA) is 43.7 Å². The van der Waals surface area contributed by atoms with Gasteiger partial charge in [0.05, 0.1) is 12.2 Å². The van der Waals surface area contributed by atoms with Crippen molar-refractivity contribution in [3.63, 3.8) is 0 Å². The lowest BCUT2D eigenvalue weighted by molar-refractivity contribution is -0.00967. The van der Waals surface area contributed by atoms with E-state index < -0.39 is 0 Å². The number of aliphatic hydroxyl groups is 2. The van der Waals surface area contributed by atoms with Crippen LogP contribution < -0.4 is 0 Å². The molecule has 0 radical (unpaired) electrons. The number of hydrogen-bond acceptors (Lipinski definition) is 3. The number of aliphatic hydroxyl groups excluding tert-OH is 2. The highest BCUT2D eigenvalue weighted by atomic mass is 16.3. The Morgan fingerprint density at radius 2 is 1.69 bits per heavy atom. The average Bonchev–Trinajstić information content (AvgIpc) is 2.30. The summed E-state index contributed by atoms with van der Waals surface area (Å²) >= 11 is 0. The third kappa shape index (κ3) is 2.76. The van der Waals surface area contributed by atoms with Gasteiger partial charge in [0, 0.05) is 6.04 Å². The predicted octanol–water partition coefficient (Wildman–Crippen LogP) is 1.38. The lowest BCUT2D eigenvalue weighted by atomic mass is 9.87. The van der Waals surface area contributed by atoms with E-state index in [2.05, 4.69) is 4.90 Å². The van der Waals surface area contributed by atoms with Gasteiger partial charge in [-0.3, -0.25) is 4.90 Å². The van der Waals surface area contributed by atoms with Crippen molar-refractivity contribution in [2.45, 2.75) is 63.7 Å². The van der Waals surface area contributed by atoms with Crippen LogP contribution in [0.4, 0.5) is 0 Å². The van der Waals surface area contributed by atoms with Crippen molar-refractivity contribution in [3.05, 3.63) is 0 Å². The molecule has 0 aromatic carbocycles. The monoisotopic (exact) mass is 227 g/mol.